The van der Waals surface area contributed by atoms with Gasteiger partial charge in [-0.15, -0.1) is 0 Å². The minimum Gasteiger partial charge on any atom is -0.488 e. The molecule has 118 valence electrons. The Morgan fingerprint density at radius 1 is 1.19 bits per heavy atom. The van der Waals surface area contributed by atoms with Crippen LogP contribution in [0, 0.1) is 17.6 Å². The average Bonchev–Trinajstić information content (AvgIpc) is 2.37. The van der Waals surface area contributed by atoms with Crippen LogP contribution in [0.15, 0.2) is 18.2 Å². The van der Waals surface area contributed by atoms with E-state index in [-0.39, 0.29) is 30.5 Å². The second kappa shape index (κ2) is 7.81. The number of rotatable bonds is 6. The summed E-state index contributed by atoms with van der Waals surface area (Å²) < 4.78 is 31.3. The van der Waals surface area contributed by atoms with Gasteiger partial charge in [-0.1, -0.05) is 13.8 Å². The summed E-state index contributed by atoms with van der Waals surface area (Å²) >= 11 is 0. The minimum atomic E-state index is -0.764. The summed E-state index contributed by atoms with van der Waals surface area (Å²) in [5.74, 6) is -1.13. The Balaban J connectivity index is 2.40. The second-order valence-corrected chi connectivity index (χ2v) is 5.44. The molecule has 0 heterocycles. The van der Waals surface area contributed by atoms with Crippen molar-refractivity contribution in [3.05, 3.63) is 29.8 Å². The lowest BCUT2D eigenvalue weighted by atomic mass is 10.1. The van der Waals surface area contributed by atoms with Gasteiger partial charge in [-0.2, -0.15) is 0 Å². The molecule has 0 fully saturated rings. The van der Waals surface area contributed by atoms with Crippen LogP contribution in [-0.4, -0.2) is 24.7 Å². The van der Waals surface area contributed by atoms with Crippen molar-refractivity contribution in [2.75, 3.05) is 6.61 Å². The molecule has 0 aliphatic carbocycles. The predicted molar refractivity (Wildman–Crippen MR) is 77.3 cm³/mol. The highest BCUT2D eigenvalue weighted by atomic mass is 19.1. The van der Waals surface area contributed by atoms with Crippen molar-refractivity contribution >= 4 is 6.03 Å². The van der Waals surface area contributed by atoms with E-state index in [1.165, 1.54) is 6.07 Å². The highest BCUT2D eigenvalue weighted by Crippen LogP contribution is 2.17. The van der Waals surface area contributed by atoms with Gasteiger partial charge in [-0.3, -0.25) is 0 Å². The Morgan fingerprint density at radius 2 is 1.86 bits per heavy atom. The van der Waals surface area contributed by atoms with Gasteiger partial charge in [0.2, 0.25) is 0 Å². The molecule has 1 aromatic carbocycles. The lowest BCUT2D eigenvalue weighted by Gasteiger charge is -2.20. The van der Waals surface area contributed by atoms with E-state index in [4.69, 9.17) is 4.74 Å². The van der Waals surface area contributed by atoms with E-state index in [0.29, 0.717) is 5.92 Å². The monoisotopic (exact) mass is 300 g/mol. The van der Waals surface area contributed by atoms with Gasteiger partial charge < -0.3 is 15.4 Å². The molecule has 0 saturated heterocycles. The molecule has 0 aliphatic heterocycles. The van der Waals surface area contributed by atoms with E-state index in [0.717, 1.165) is 12.1 Å². The highest BCUT2D eigenvalue weighted by Gasteiger charge is 2.13. The first kappa shape index (κ1) is 17.2. The van der Waals surface area contributed by atoms with Gasteiger partial charge in [0.15, 0.2) is 11.6 Å². The summed E-state index contributed by atoms with van der Waals surface area (Å²) in [5, 5.41) is 5.49. The number of benzene rings is 1. The molecule has 2 amide bonds. The smallest absolute Gasteiger partial charge is 0.315 e. The Hall–Kier alpha value is -1.85. The highest BCUT2D eigenvalue weighted by molar-refractivity contribution is 5.74. The van der Waals surface area contributed by atoms with E-state index in [2.05, 4.69) is 10.6 Å². The molecule has 1 rings (SSSR count). The Morgan fingerprint density at radius 3 is 2.43 bits per heavy atom. The summed E-state index contributed by atoms with van der Waals surface area (Å²) in [6.07, 6.45) is 0. The van der Waals surface area contributed by atoms with Crippen LogP contribution in [0.3, 0.4) is 0 Å². The summed E-state index contributed by atoms with van der Waals surface area (Å²) in [5.41, 5.74) is 0. The first-order chi connectivity index (χ1) is 9.79. The zero-order valence-electron chi connectivity index (χ0n) is 12.7. The lowest BCUT2D eigenvalue weighted by molar-refractivity contribution is 0.219. The van der Waals surface area contributed by atoms with Gasteiger partial charge in [-0.05, 0) is 31.9 Å². The normalized spacial score (nSPS) is 13.7. The molecule has 21 heavy (non-hydrogen) atoms. The summed E-state index contributed by atoms with van der Waals surface area (Å²) in [7, 11) is 0. The molecular weight excluding hydrogens is 278 g/mol. The molecule has 0 bridgehead atoms. The number of ether oxygens (including phenoxy) is 1. The van der Waals surface area contributed by atoms with Crippen molar-refractivity contribution < 1.29 is 18.3 Å². The van der Waals surface area contributed by atoms with Crippen LogP contribution < -0.4 is 15.4 Å². The Kier molecular flexibility index (Phi) is 6.39. The van der Waals surface area contributed by atoms with Crippen molar-refractivity contribution in [2.24, 2.45) is 5.92 Å². The van der Waals surface area contributed by atoms with E-state index in [1.54, 1.807) is 6.92 Å². The predicted octanol–water partition coefficient (Wildman–Crippen LogP) is 3.08. The van der Waals surface area contributed by atoms with E-state index < -0.39 is 11.6 Å². The van der Waals surface area contributed by atoms with Crippen molar-refractivity contribution in [2.45, 2.75) is 39.8 Å². The molecule has 0 aromatic heterocycles. The summed E-state index contributed by atoms with van der Waals surface area (Å²) in [6, 6.07) is 2.53. The average molecular weight is 300 g/mol. The molecule has 0 radical (unpaired) electrons. The third-order valence-corrected chi connectivity index (χ3v) is 3.12. The second-order valence-electron chi connectivity index (χ2n) is 5.44. The van der Waals surface area contributed by atoms with Crippen molar-refractivity contribution in [1.29, 1.82) is 0 Å². The minimum absolute atomic E-state index is 0.0407. The van der Waals surface area contributed by atoms with Gasteiger partial charge in [0.05, 0.1) is 6.04 Å². The Bertz CT molecular complexity index is 481. The van der Waals surface area contributed by atoms with Gasteiger partial charge in [0, 0.05) is 12.1 Å². The number of nitrogens with one attached hydrogen (secondary N) is 2. The fourth-order valence-electron chi connectivity index (χ4n) is 1.49. The fraction of sp³-hybridized carbons (Fsp3) is 0.533. The van der Waals surface area contributed by atoms with Gasteiger partial charge in [0.25, 0.3) is 0 Å². The molecule has 0 saturated carbocycles. The maximum absolute atomic E-state index is 13.4. The number of carbonyl (C=O) groups is 1. The van der Waals surface area contributed by atoms with Crippen LogP contribution in [0.2, 0.25) is 0 Å². The van der Waals surface area contributed by atoms with Crippen LogP contribution in [0.1, 0.15) is 27.7 Å². The van der Waals surface area contributed by atoms with Crippen LogP contribution >= 0.6 is 0 Å². The molecule has 2 unspecified atom stereocenters. The zero-order chi connectivity index (χ0) is 16.0. The zero-order valence-corrected chi connectivity index (χ0v) is 12.7. The number of amides is 2. The van der Waals surface area contributed by atoms with Crippen LogP contribution in [0.4, 0.5) is 13.6 Å². The lowest BCUT2D eigenvalue weighted by Crippen LogP contribution is -2.47. The molecular formula is C15H22F2N2O2. The number of hydrogen-bond acceptors (Lipinski definition) is 2. The molecule has 2 atom stereocenters. The molecule has 1 aromatic rings. The molecule has 6 heteroatoms. The number of carbonyl (C=O) groups excluding carboxylic acids is 1. The maximum Gasteiger partial charge on any atom is 0.315 e. The van der Waals surface area contributed by atoms with Crippen LogP contribution in [-0.2, 0) is 0 Å². The molecule has 0 spiro atoms. The van der Waals surface area contributed by atoms with Crippen molar-refractivity contribution in [1.82, 2.24) is 10.6 Å². The largest absolute Gasteiger partial charge is 0.488 e. The maximum atomic E-state index is 13.4. The topological polar surface area (TPSA) is 50.4 Å². The van der Waals surface area contributed by atoms with E-state index >= 15 is 0 Å². The first-order valence-corrected chi connectivity index (χ1v) is 6.94. The third-order valence-electron chi connectivity index (χ3n) is 3.12. The van der Waals surface area contributed by atoms with Gasteiger partial charge in [-0.25, -0.2) is 13.6 Å². The quantitative estimate of drug-likeness (QED) is 0.848. The summed E-state index contributed by atoms with van der Waals surface area (Å²) in [4.78, 5) is 11.7. The molecule has 4 nitrogen and oxygen atoms in total. The SMILES string of the molecule is CC(COc1ccc(F)cc1F)NC(=O)NC(C)C(C)C. The van der Waals surface area contributed by atoms with Crippen molar-refractivity contribution in [3.63, 3.8) is 0 Å². The molecule has 2 N–H and O–H groups in total. The van der Waals surface area contributed by atoms with Crippen molar-refractivity contribution in [3.8, 4) is 5.75 Å². The van der Waals surface area contributed by atoms with Crippen LogP contribution in [0.5, 0.6) is 5.75 Å². The third kappa shape index (κ3) is 5.97. The first-order valence-electron chi connectivity index (χ1n) is 6.94. The van der Waals surface area contributed by atoms with E-state index in [9.17, 15) is 13.6 Å². The number of halogens is 2. The molecule has 0 aliphatic rings. The van der Waals surface area contributed by atoms with Crippen LogP contribution in [0.25, 0.3) is 0 Å². The van der Waals surface area contributed by atoms with E-state index in [1.807, 2.05) is 20.8 Å². The Labute approximate surface area is 123 Å². The van der Waals surface area contributed by atoms with Gasteiger partial charge >= 0.3 is 6.03 Å². The number of hydrogen-bond donors (Lipinski definition) is 2. The van der Waals surface area contributed by atoms with Gasteiger partial charge in [0.1, 0.15) is 12.4 Å². The summed E-state index contributed by atoms with van der Waals surface area (Å²) in [6.45, 7) is 7.76. The number of urea groups is 1. The fourth-order valence-corrected chi connectivity index (χ4v) is 1.49. The standard InChI is InChI=1S/C15H22F2N2O2/c1-9(2)11(4)19-15(20)18-10(3)8-21-14-6-5-12(16)7-13(14)17/h5-7,9-11H,8H2,1-4H3,(H2,18,19,20).